The average Bonchev–Trinajstić information content (AvgIpc) is 3.66. The first kappa shape index (κ1) is 26.0. The number of rotatable bonds is 6. The third kappa shape index (κ3) is 4.81. The van der Waals surface area contributed by atoms with Crippen molar-refractivity contribution in [2.24, 2.45) is 0 Å². The van der Waals surface area contributed by atoms with Gasteiger partial charge < -0.3 is 4.98 Å². The molecule has 1 N–H and O–H groups in total. The summed E-state index contributed by atoms with van der Waals surface area (Å²) in [5.74, 6) is 1.26. The first-order chi connectivity index (χ1) is 20.7. The molecule has 42 heavy (non-hydrogen) atoms. The standard InChI is InChI=1S/C36H24Cl2N4/c37-28-21-22-30(29(38)23-28)42-34(27-19-11-4-12-20-27)33(26-17-9-3-10-18-26)41-36(42)35-39-31(24-13-5-1-6-14-24)32(40-35)25-15-7-2-8-16-25/h1-23H,(H,39,40). The minimum Gasteiger partial charge on any atom is -0.335 e. The molecule has 0 saturated heterocycles. The molecule has 6 heteroatoms. The highest BCUT2D eigenvalue weighted by Crippen LogP contribution is 2.41. The molecule has 0 amide bonds. The number of aromatic nitrogens is 4. The predicted molar refractivity (Wildman–Crippen MR) is 173 cm³/mol. The van der Waals surface area contributed by atoms with Gasteiger partial charge in [0.05, 0.1) is 33.5 Å². The summed E-state index contributed by atoms with van der Waals surface area (Å²) in [4.78, 5) is 14.1. The lowest BCUT2D eigenvalue weighted by atomic mass is 10.0. The van der Waals surface area contributed by atoms with E-state index in [2.05, 4.69) is 58.1 Å². The van der Waals surface area contributed by atoms with Gasteiger partial charge in [-0.25, -0.2) is 9.97 Å². The van der Waals surface area contributed by atoms with Crippen molar-refractivity contribution >= 4 is 23.2 Å². The molecule has 0 saturated carbocycles. The van der Waals surface area contributed by atoms with Crippen LogP contribution in [0.25, 0.3) is 62.4 Å². The number of nitrogens with one attached hydrogen (secondary N) is 1. The normalized spacial score (nSPS) is 11.1. The predicted octanol–water partition coefficient (Wildman–Crippen LogP) is 10.2. The lowest BCUT2D eigenvalue weighted by Gasteiger charge is -2.14. The van der Waals surface area contributed by atoms with E-state index in [1.807, 2.05) is 84.9 Å². The summed E-state index contributed by atoms with van der Waals surface area (Å²) in [6.45, 7) is 0. The summed E-state index contributed by atoms with van der Waals surface area (Å²) < 4.78 is 2.08. The summed E-state index contributed by atoms with van der Waals surface area (Å²) in [6, 6.07) is 46.4. The Hall–Kier alpha value is -4.90. The van der Waals surface area contributed by atoms with E-state index in [1.54, 1.807) is 6.07 Å². The number of imidazole rings is 2. The van der Waals surface area contributed by atoms with Crippen LogP contribution in [0.2, 0.25) is 10.0 Å². The van der Waals surface area contributed by atoms with Gasteiger partial charge in [0, 0.05) is 27.3 Å². The third-order valence-electron chi connectivity index (χ3n) is 7.15. The van der Waals surface area contributed by atoms with Crippen molar-refractivity contribution in [2.45, 2.75) is 0 Å². The van der Waals surface area contributed by atoms with E-state index in [1.165, 1.54) is 0 Å². The van der Waals surface area contributed by atoms with Gasteiger partial charge >= 0.3 is 0 Å². The first-order valence-electron chi connectivity index (χ1n) is 13.6. The van der Waals surface area contributed by atoms with Crippen LogP contribution in [0.5, 0.6) is 0 Å². The summed E-state index contributed by atoms with van der Waals surface area (Å²) in [5.41, 5.74) is 8.26. The van der Waals surface area contributed by atoms with E-state index in [-0.39, 0.29) is 0 Å². The van der Waals surface area contributed by atoms with Crippen LogP contribution in [-0.4, -0.2) is 19.5 Å². The second-order valence-electron chi connectivity index (χ2n) is 9.84. The van der Waals surface area contributed by atoms with E-state index in [0.29, 0.717) is 21.7 Å². The molecule has 0 bridgehead atoms. The number of aromatic amines is 1. The highest BCUT2D eigenvalue weighted by atomic mass is 35.5. The van der Waals surface area contributed by atoms with Crippen LogP contribution in [0.1, 0.15) is 0 Å². The molecule has 0 aliphatic heterocycles. The van der Waals surface area contributed by atoms with Crippen LogP contribution in [0, 0.1) is 0 Å². The van der Waals surface area contributed by atoms with Gasteiger partial charge in [0.25, 0.3) is 0 Å². The molecule has 0 fully saturated rings. The average molecular weight is 584 g/mol. The molecule has 7 aromatic rings. The van der Waals surface area contributed by atoms with Gasteiger partial charge in [0.1, 0.15) is 0 Å². The van der Waals surface area contributed by atoms with E-state index >= 15 is 0 Å². The highest BCUT2D eigenvalue weighted by Gasteiger charge is 2.26. The Labute approximate surface area is 253 Å². The van der Waals surface area contributed by atoms with Crippen molar-refractivity contribution in [1.29, 1.82) is 0 Å². The van der Waals surface area contributed by atoms with Gasteiger partial charge in [-0.2, -0.15) is 0 Å². The Balaban J connectivity index is 1.57. The van der Waals surface area contributed by atoms with Gasteiger partial charge in [-0.3, -0.25) is 4.57 Å². The van der Waals surface area contributed by atoms with Crippen LogP contribution in [0.4, 0.5) is 0 Å². The van der Waals surface area contributed by atoms with Crippen LogP contribution in [0.3, 0.4) is 0 Å². The zero-order valence-electron chi connectivity index (χ0n) is 22.4. The monoisotopic (exact) mass is 582 g/mol. The van der Waals surface area contributed by atoms with Crippen LogP contribution in [0.15, 0.2) is 140 Å². The summed E-state index contributed by atoms with van der Waals surface area (Å²) in [6.07, 6.45) is 0. The molecular weight excluding hydrogens is 559 g/mol. The van der Waals surface area contributed by atoms with Crippen molar-refractivity contribution in [2.75, 3.05) is 0 Å². The van der Waals surface area contributed by atoms with Crippen molar-refractivity contribution in [3.63, 3.8) is 0 Å². The molecule has 0 spiro atoms. The maximum absolute atomic E-state index is 6.90. The van der Waals surface area contributed by atoms with Crippen molar-refractivity contribution in [3.05, 3.63) is 150 Å². The number of H-pyrrole nitrogens is 1. The maximum atomic E-state index is 6.90. The largest absolute Gasteiger partial charge is 0.335 e. The van der Waals surface area contributed by atoms with Crippen molar-refractivity contribution in [1.82, 2.24) is 19.5 Å². The molecule has 202 valence electrons. The Morgan fingerprint density at radius 3 is 1.62 bits per heavy atom. The molecule has 7 rings (SSSR count). The van der Waals surface area contributed by atoms with E-state index in [4.69, 9.17) is 33.2 Å². The number of hydrogen-bond donors (Lipinski definition) is 1. The zero-order chi connectivity index (χ0) is 28.5. The van der Waals surface area contributed by atoms with Crippen molar-refractivity contribution < 1.29 is 0 Å². The fraction of sp³-hybridized carbons (Fsp3) is 0. The molecule has 0 unspecified atom stereocenters. The minimum absolute atomic E-state index is 0.510. The van der Waals surface area contributed by atoms with Gasteiger partial charge in [-0.1, -0.05) is 145 Å². The quantitative estimate of drug-likeness (QED) is 0.212. The molecule has 0 radical (unpaired) electrons. The summed E-state index contributed by atoms with van der Waals surface area (Å²) >= 11 is 13.3. The molecular formula is C36H24Cl2N4. The van der Waals surface area contributed by atoms with Gasteiger partial charge in [-0.15, -0.1) is 0 Å². The SMILES string of the molecule is Clc1ccc(-n2c(-c3nc(-c4ccccc4)c(-c4ccccc4)[nH]3)nc(-c3ccccc3)c2-c2ccccc2)c(Cl)c1. The molecule has 2 heterocycles. The van der Waals surface area contributed by atoms with Gasteiger partial charge in [0.15, 0.2) is 11.6 Å². The molecule has 0 aliphatic rings. The number of benzene rings is 5. The zero-order valence-corrected chi connectivity index (χ0v) is 23.9. The van der Waals surface area contributed by atoms with Crippen LogP contribution in [-0.2, 0) is 0 Å². The third-order valence-corrected chi connectivity index (χ3v) is 7.69. The molecule has 2 aromatic heterocycles. The lowest BCUT2D eigenvalue weighted by molar-refractivity contribution is 1.05. The van der Waals surface area contributed by atoms with Crippen LogP contribution >= 0.6 is 23.2 Å². The topological polar surface area (TPSA) is 46.5 Å². The Bertz CT molecular complexity index is 1920. The Kier molecular flexibility index (Phi) is 6.92. The lowest BCUT2D eigenvalue weighted by Crippen LogP contribution is -2.02. The molecule has 0 atom stereocenters. The maximum Gasteiger partial charge on any atom is 0.182 e. The fourth-order valence-corrected chi connectivity index (χ4v) is 5.73. The number of nitrogens with zero attached hydrogens (tertiary/aromatic N) is 3. The second kappa shape index (κ2) is 11.2. The van der Waals surface area contributed by atoms with E-state index < -0.39 is 0 Å². The molecule has 4 nitrogen and oxygen atoms in total. The molecule has 5 aromatic carbocycles. The van der Waals surface area contributed by atoms with Gasteiger partial charge in [0.2, 0.25) is 0 Å². The van der Waals surface area contributed by atoms with Gasteiger partial charge in [-0.05, 0) is 18.2 Å². The summed E-state index contributed by atoms with van der Waals surface area (Å²) in [7, 11) is 0. The highest BCUT2D eigenvalue weighted by molar-refractivity contribution is 6.35. The minimum atomic E-state index is 0.510. The molecule has 0 aliphatic carbocycles. The number of halogens is 2. The summed E-state index contributed by atoms with van der Waals surface area (Å²) in [5, 5.41) is 1.07. The van der Waals surface area contributed by atoms with Crippen LogP contribution < -0.4 is 0 Å². The fourth-order valence-electron chi connectivity index (χ4n) is 5.23. The van der Waals surface area contributed by atoms with E-state index in [0.717, 1.165) is 50.7 Å². The number of hydrogen-bond acceptors (Lipinski definition) is 2. The second-order valence-corrected chi connectivity index (χ2v) is 10.7. The first-order valence-corrected chi connectivity index (χ1v) is 14.3. The smallest absolute Gasteiger partial charge is 0.182 e. The van der Waals surface area contributed by atoms with E-state index in [9.17, 15) is 0 Å². The van der Waals surface area contributed by atoms with Crippen molar-refractivity contribution in [3.8, 4) is 62.4 Å². The Morgan fingerprint density at radius 2 is 1.05 bits per heavy atom. The Morgan fingerprint density at radius 1 is 0.524 bits per heavy atom.